The van der Waals surface area contributed by atoms with Crippen LogP contribution in [0.15, 0.2) is 36.4 Å². The molecular formula is C17H19IN2O2. The maximum absolute atomic E-state index is 11.8. The van der Waals surface area contributed by atoms with Crippen LogP contribution in [0.2, 0.25) is 0 Å². The number of anilines is 1. The van der Waals surface area contributed by atoms with Crippen molar-refractivity contribution in [2.45, 2.75) is 20.8 Å². The normalized spacial score (nSPS) is 10.2. The Morgan fingerprint density at radius 1 is 1.05 bits per heavy atom. The van der Waals surface area contributed by atoms with Crippen molar-refractivity contribution in [3.63, 3.8) is 0 Å². The van der Waals surface area contributed by atoms with Crippen LogP contribution in [0.25, 0.3) is 0 Å². The molecule has 0 aliphatic rings. The Bertz CT molecular complexity index is 669. The van der Waals surface area contributed by atoms with E-state index in [1.165, 1.54) is 5.56 Å². The van der Waals surface area contributed by atoms with Crippen molar-refractivity contribution in [1.29, 1.82) is 0 Å². The molecule has 0 aliphatic heterocycles. The fourth-order valence-electron chi connectivity index (χ4n) is 2.03. The minimum Gasteiger partial charge on any atom is -0.473 e. The molecule has 22 heavy (non-hydrogen) atoms. The quantitative estimate of drug-likeness (QED) is 0.581. The van der Waals surface area contributed by atoms with Crippen molar-refractivity contribution in [3.8, 4) is 5.75 Å². The molecule has 2 N–H and O–H groups in total. The molecule has 0 radical (unpaired) electrons. The Kier molecular flexibility index (Phi) is 5.65. The van der Waals surface area contributed by atoms with Crippen LogP contribution >= 0.6 is 22.6 Å². The highest BCUT2D eigenvalue weighted by Crippen LogP contribution is 2.25. The Morgan fingerprint density at radius 3 is 2.36 bits per heavy atom. The summed E-state index contributed by atoms with van der Waals surface area (Å²) in [6.07, 6.45) is 0. The summed E-state index contributed by atoms with van der Waals surface area (Å²) in [7, 11) is 0. The summed E-state index contributed by atoms with van der Waals surface area (Å²) in [5.74, 6) is 0.828. The molecule has 0 aliphatic carbocycles. The number of aryl methyl sites for hydroxylation is 2. The van der Waals surface area contributed by atoms with E-state index < -0.39 is 0 Å². The van der Waals surface area contributed by atoms with Crippen molar-refractivity contribution in [1.82, 2.24) is 5.32 Å². The monoisotopic (exact) mass is 410 g/mol. The van der Waals surface area contributed by atoms with Crippen LogP contribution in [0.3, 0.4) is 0 Å². The number of rotatable bonds is 4. The third-order valence-corrected chi connectivity index (χ3v) is 4.14. The number of halogens is 1. The van der Waals surface area contributed by atoms with Gasteiger partial charge in [-0.15, -0.1) is 0 Å². The highest BCUT2D eigenvalue weighted by molar-refractivity contribution is 14.1. The number of amides is 2. The second kappa shape index (κ2) is 7.49. The van der Waals surface area contributed by atoms with Crippen LogP contribution < -0.4 is 15.4 Å². The number of carbonyl (C=O) groups excluding carboxylic acids is 1. The molecule has 2 amide bonds. The van der Waals surface area contributed by atoms with Gasteiger partial charge in [-0.2, -0.15) is 0 Å². The van der Waals surface area contributed by atoms with Crippen LogP contribution in [-0.2, 0) is 0 Å². The molecule has 2 aromatic carbocycles. The van der Waals surface area contributed by atoms with Gasteiger partial charge in [0.05, 0.1) is 0 Å². The lowest BCUT2D eigenvalue weighted by Gasteiger charge is -2.14. The van der Waals surface area contributed by atoms with E-state index in [1.807, 2.05) is 51.1 Å². The van der Waals surface area contributed by atoms with Gasteiger partial charge in [-0.1, -0.05) is 12.1 Å². The Labute approximate surface area is 144 Å². The minimum atomic E-state index is -0.288. The molecule has 0 fully saturated rings. The van der Waals surface area contributed by atoms with E-state index >= 15 is 0 Å². The average molecular weight is 410 g/mol. The van der Waals surface area contributed by atoms with E-state index in [0.717, 1.165) is 26.1 Å². The first-order chi connectivity index (χ1) is 10.5. The average Bonchev–Trinajstić information content (AvgIpc) is 2.49. The first kappa shape index (κ1) is 16.6. The van der Waals surface area contributed by atoms with Gasteiger partial charge in [0.1, 0.15) is 5.75 Å². The second-order valence-corrected chi connectivity index (χ2v) is 6.33. The number of urea groups is 1. The van der Waals surface area contributed by atoms with Crippen molar-refractivity contribution >= 4 is 34.3 Å². The standard InChI is InChI=1S/C17H19IN2O2/c1-11-4-5-12(2)16(13(11)3)22-10-19-17(21)20-15-8-6-14(18)7-9-15/h4-9H,10H2,1-3H3,(H2,19,20,21). The van der Waals surface area contributed by atoms with Crippen LogP contribution in [-0.4, -0.2) is 12.8 Å². The third kappa shape index (κ3) is 4.37. The number of hydrogen-bond acceptors (Lipinski definition) is 2. The SMILES string of the molecule is Cc1ccc(C)c(OCNC(=O)Nc2ccc(I)cc2)c1C. The largest absolute Gasteiger partial charge is 0.473 e. The molecule has 0 aromatic heterocycles. The van der Waals surface area contributed by atoms with E-state index in [-0.39, 0.29) is 12.8 Å². The van der Waals surface area contributed by atoms with E-state index in [9.17, 15) is 4.79 Å². The maximum Gasteiger partial charge on any atom is 0.321 e. The van der Waals surface area contributed by atoms with Crippen molar-refractivity contribution < 1.29 is 9.53 Å². The minimum absolute atomic E-state index is 0.126. The zero-order valence-corrected chi connectivity index (χ0v) is 15.0. The molecule has 2 rings (SSSR count). The molecule has 0 heterocycles. The summed E-state index contributed by atoms with van der Waals surface area (Å²) in [6.45, 7) is 6.18. The maximum atomic E-state index is 11.8. The van der Waals surface area contributed by atoms with Gasteiger partial charge in [0, 0.05) is 9.26 Å². The molecule has 0 atom stereocenters. The summed E-state index contributed by atoms with van der Waals surface area (Å²) < 4.78 is 6.83. The van der Waals surface area contributed by atoms with Crippen molar-refractivity contribution in [2.75, 3.05) is 12.0 Å². The number of hydrogen-bond donors (Lipinski definition) is 2. The zero-order chi connectivity index (χ0) is 16.1. The van der Waals surface area contributed by atoms with Crippen LogP contribution in [0, 0.1) is 24.3 Å². The first-order valence-electron chi connectivity index (χ1n) is 6.97. The van der Waals surface area contributed by atoms with Crippen LogP contribution in [0.5, 0.6) is 5.75 Å². The smallest absolute Gasteiger partial charge is 0.321 e. The zero-order valence-electron chi connectivity index (χ0n) is 12.9. The molecule has 0 spiro atoms. The molecule has 0 saturated heterocycles. The number of ether oxygens (including phenoxy) is 1. The van der Waals surface area contributed by atoms with Gasteiger partial charge in [0.25, 0.3) is 0 Å². The lowest BCUT2D eigenvalue weighted by Crippen LogP contribution is -2.32. The van der Waals surface area contributed by atoms with Crippen LogP contribution in [0.1, 0.15) is 16.7 Å². The van der Waals surface area contributed by atoms with Gasteiger partial charge in [0.15, 0.2) is 6.73 Å². The number of carbonyl (C=O) groups is 1. The molecular weight excluding hydrogens is 391 g/mol. The summed E-state index contributed by atoms with van der Waals surface area (Å²) in [5, 5.41) is 5.46. The molecule has 4 nitrogen and oxygen atoms in total. The fourth-order valence-corrected chi connectivity index (χ4v) is 2.39. The summed E-state index contributed by atoms with van der Waals surface area (Å²) in [4.78, 5) is 11.8. The molecule has 2 aromatic rings. The molecule has 116 valence electrons. The fraction of sp³-hybridized carbons (Fsp3) is 0.235. The predicted octanol–water partition coefficient (Wildman–Crippen LogP) is 4.37. The molecule has 5 heteroatoms. The van der Waals surface area contributed by atoms with Gasteiger partial charge in [-0.3, -0.25) is 0 Å². The van der Waals surface area contributed by atoms with E-state index in [2.05, 4.69) is 39.3 Å². The predicted molar refractivity (Wildman–Crippen MR) is 97.5 cm³/mol. The van der Waals surface area contributed by atoms with Crippen molar-refractivity contribution in [2.24, 2.45) is 0 Å². The molecule has 0 unspecified atom stereocenters. The van der Waals surface area contributed by atoms with Gasteiger partial charge < -0.3 is 15.4 Å². The Hall–Kier alpha value is -1.76. The van der Waals surface area contributed by atoms with Crippen LogP contribution in [0.4, 0.5) is 10.5 Å². The highest BCUT2D eigenvalue weighted by atomic mass is 127. The van der Waals surface area contributed by atoms with E-state index in [0.29, 0.717) is 0 Å². The topological polar surface area (TPSA) is 50.4 Å². The Morgan fingerprint density at radius 2 is 1.68 bits per heavy atom. The summed E-state index contributed by atoms with van der Waals surface area (Å²) >= 11 is 2.22. The summed E-state index contributed by atoms with van der Waals surface area (Å²) in [5.41, 5.74) is 4.08. The lowest BCUT2D eigenvalue weighted by atomic mass is 10.1. The van der Waals surface area contributed by atoms with Crippen molar-refractivity contribution in [3.05, 3.63) is 56.7 Å². The highest BCUT2D eigenvalue weighted by Gasteiger charge is 2.07. The van der Waals surface area contributed by atoms with E-state index in [4.69, 9.17) is 4.74 Å². The first-order valence-corrected chi connectivity index (χ1v) is 8.05. The third-order valence-electron chi connectivity index (χ3n) is 3.42. The summed E-state index contributed by atoms with van der Waals surface area (Å²) in [6, 6.07) is 11.4. The Balaban J connectivity index is 1.87. The van der Waals surface area contributed by atoms with Gasteiger partial charge in [-0.25, -0.2) is 4.79 Å². The van der Waals surface area contributed by atoms with Gasteiger partial charge in [-0.05, 0) is 84.3 Å². The van der Waals surface area contributed by atoms with Gasteiger partial charge >= 0.3 is 6.03 Å². The van der Waals surface area contributed by atoms with Gasteiger partial charge in [0.2, 0.25) is 0 Å². The number of nitrogens with one attached hydrogen (secondary N) is 2. The molecule has 0 saturated carbocycles. The second-order valence-electron chi connectivity index (χ2n) is 5.08. The molecule has 0 bridgehead atoms. The lowest BCUT2D eigenvalue weighted by molar-refractivity contribution is 0.234. The van der Waals surface area contributed by atoms with E-state index in [1.54, 1.807) is 0 Å². The number of benzene rings is 2.